The summed E-state index contributed by atoms with van der Waals surface area (Å²) in [4.78, 5) is 17.9. The van der Waals surface area contributed by atoms with Gasteiger partial charge in [-0.25, -0.2) is 9.88 Å². The van der Waals surface area contributed by atoms with Crippen molar-refractivity contribution in [3.05, 3.63) is 66.7 Å². The molecular formula is C21H15F3N6O2. The smallest absolute Gasteiger partial charge is 0.416 e. The van der Waals surface area contributed by atoms with Crippen LogP contribution in [0.25, 0.3) is 11.6 Å². The average molecular weight is 440 g/mol. The fourth-order valence-electron chi connectivity index (χ4n) is 3.38. The van der Waals surface area contributed by atoms with Crippen molar-refractivity contribution in [3.8, 4) is 17.8 Å². The molecule has 8 nitrogen and oxygen atoms in total. The Hall–Kier alpha value is -4.20. The number of halogens is 3. The Labute approximate surface area is 180 Å². The van der Waals surface area contributed by atoms with Crippen LogP contribution in [0.2, 0.25) is 0 Å². The SMILES string of the molecule is C=CC1(c2nnc(-c3ncccc3Nc3ccc(C(F)(F)F)cc3)o2)CCN(C#N)C1=O. The van der Waals surface area contributed by atoms with Crippen molar-refractivity contribution in [2.45, 2.75) is 18.0 Å². The van der Waals surface area contributed by atoms with Gasteiger partial charge in [-0.05, 0) is 42.8 Å². The summed E-state index contributed by atoms with van der Waals surface area (Å²) in [5.74, 6) is -0.523. The van der Waals surface area contributed by atoms with Crippen molar-refractivity contribution >= 4 is 17.3 Å². The number of nitriles is 1. The van der Waals surface area contributed by atoms with Gasteiger partial charge in [0, 0.05) is 18.4 Å². The molecule has 1 aliphatic rings. The minimum Gasteiger partial charge on any atom is -0.418 e. The number of aromatic nitrogens is 3. The molecule has 0 radical (unpaired) electrons. The number of hydrogen-bond donors (Lipinski definition) is 1. The zero-order valence-electron chi connectivity index (χ0n) is 16.4. The zero-order chi connectivity index (χ0) is 22.9. The van der Waals surface area contributed by atoms with Gasteiger partial charge in [0.15, 0.2) is 11.9 Å². The van der Waals surface area contributed by atoms with Crippen molar-refractivity contribution < 1.29 is 22.4 Å². The van der Waals surface area contributed by atoms with Crippen LogP contribution in [-0.4, -0.2) is 32.5 Å². The maximum absolute atomic E-state index is 12.8. The molecule has 1 saturated heterocycles. The van der Waals surface area contributed by atoms with Crippen molar-refractivity contribution in [3.63, 3.8) is 0 Å². The standard InChI is InChI=1S/C21H15F3N6O2/c1-2-20(9-11-30(12-25)19(20)31)18-29-28-17(32-18)16-15(4-3-10-26-16)27-14-7-5-13(6-8-14)21(22,23)24/h2-8,10,27H,1,9,11H2. The van der Waals surface area contributed by atoms with Gasteiger partial charge in [-0.3, -0.25) is 4.79 Å². The summed E-state index contributed by atoms with van der Waals surface area (Å²) in [6.07, 6.45) is 0.498. The van der Waals surface area contributed by atoms with Crippen LogP contribution in [0.15, 0.2) is 59.7 Å². The lowest BCUT2D eigenvalue weighted by atomic mass is 9.86. The third kappa shape index (κ3) is 3.56. The minimum absolute atomic E-state index is 0.000515. The Balaban J connectivity index is 1.64. The second kappa shape index (κ2) is 7.81. The molecule has 0 aliphatic carbocycles. The zero-order valence-corrected chi connectivity index (χ0v) is 16.4. The number of carbonyl (C=O) groups excluding carboxylic acids is 1. The number of rotatable bonds is 5. The Bertz CT molecular complexity index is 1220. The van der Waals surface area contributed by atoms with E-state index in [9.17, 15) is 18.0 Å². The van der Waals surface area contributed by atoms with E-state index in [1.165, 1.54) is 24.4 Å². The van der Waals surface area contributed by atoms with Gasteiger partial charge in [0.1, 0.15) is 5.41 Å². The Kier molecular flexibility index (Phi) is 5.14. The monoisotopic (exact) mass is 440 g/mol. The summed E-state index contributed by atoms with van der Waals surface area (Å²) in [7, 11) is 0. The van der Waals surface area contributed by atoms with Crippen LogP contribution >= 0.6 is 0 Å². The number of amides is 1. The predicted molar refractivity (Wildman–Crippen MR) is 106 cm³/mol. The van der Waals surface area contributed by atoms with Gasteiger partial charge in [-0.1, -0.05) is 6.08 Å². The molecule has 3 aromatic rings. The molecule has 1 unspecified atom stereocenters. The number of nitrogens with one attached hydrogen (secondary N) is 1. The van der Waals surface area contributed by atoms with Gasteiger partial charge in [0.2, 0.25) is 5.89 Å². The fourth-order valence-corrected chi connectivity index (χ4v) is 3.38. The molecule has 1 atom stereocenters. The first kappa shape index (κ1) is 21.0. The Morgan fingerprint density at radius 2 is 2.00 bits per heavy atom. The molecule has 162 valence electrons. The average Bonchev–Trinajstić information content (AvgIpc) is 3.39. The van der Waals surface area contributed by atoms with E-state index in [1.807, 2.05) is 6.19 Å². The molecule has 1 aromatic carbocycles. The Morgan fingerprint density at radius 3 is 2.62 bits per heavy atom. The van der Waals surface area contributed by atoms with Crippen LogP contribution in [0.1, 0.15) is 17.9 Å². The second-order valence-corrected chi connectivity index (χ2v) is 6.99. The highest BCUT2D eigenvalue weighted by Crippen LogP contribution is 2.38. The third-order valence-electron chi connectivity index (χ3n) is 5.13. The summed E-state index contributed by atoms with van der Waals surface area (Å²) in [5.41, 5.74) is -1.03. The lowest BCUT2D eigenvalue weighted by molar-refractivity contribution is -0.137. The third-order valence-corrected chi connectivity index (χ3v) is 5.13. The number of pyridine rings is 1. The van der Waals surface area contributed by atoms with E-state index < -0.39 is 23.1 Å². The number of alkyl halides is 3. The second-order valence-electron chi connectivity index (χ2n) is 6.99. The van der Waals surface area contributed by atoms with Crippen molar-refractivity contribution in [1.82, 2.24) is 20.1 Å². The molecule has 0 spiro atoms. The summed E-state index contributed by atoms with van der Waals surface area (Å²) >= 11 is 0. The lowest BCUT2D eigenvalue weighted by Gasteiger charge is -2.17. The fraction of sp³-hybridized carbons (Fsp3) is 0.190. The number of hydrogen-bond acceptors (Lipinski definition) is 7. The van der Waals surface area contributed by atoms with Gasteiger partial charge < -0.3 is 9.73 Å². The van der Waals surface area contributed by atoms with Crippen LogP contribution in [0.3, 0.4) is 0 Å². The molecule has 4 rings (SSSR count). The van der Waals surface area contributed by atoms with Gasteiger partial charge in [0.25, 0.3) is 11.8 Å². The molecule has 0 saturated carbocycles. The Morgan fingerprint density at radius 1 is 1.25 bits per heavy atom. The largest absolute Gasteiger partial charge is 0.418 e. The lowest BCUT2D eigenvalue weighted by Crippen LogP contribution is -2.34. The highest BCUT2D eigenvalue weighted by Gasteiger charge is 2.50. The molecule has 1 fully saturated rings. The number of likely N-dealkylation sites (tertiary alicyclic amines) is 1. The predicted octanol–water partition coefficient (Wildman–Crippen LogP) is 4.03. The number of benzene rings is 1. The van der Waals surface area contributed by atoms with E-state index in [4.69, 9.17) is 9.68 Å². The highest BCUT2D eigenvalue weighted by molar-refractivity contribution is 5.92. The normalized spacial score (nSPS) is 18.4. The summed E-state index contributed by atoms with van der Waals surface area (Å²) < 4.78 is 44.1. The van der Waals surface area contributed by atoms with Crippen LogP contribution in [0.5, 0.6) is 0 Å². The molecule has 1 aliphatic heterocycles. The van der Waals surface area contributed by atoms with Gasteiger partial charge in [-0.2, -0.15) is 18.4 Å². The van der Waals surface area contributed by atoms with Gasteiger partial charge in [-0.15, -0.1) is 16.8 Å². The molecule has 1 amide bonds. The van der Waals surface area contributed by atoms with E-state index in [-0.39, 0.29) is 30.4 Å². The topological polar surface area (TPSA) is 108 Å². The molecular weight excluding hydrogens is 425 g/mol. The molecule has 11 heteroatoms. The molecule has 0 bridgehead atoms. The van der Waals surface area contributed by atoms with E-state index in [1.54, 1.807) is 12.1 Å². The van der Waals surface area contributed by atoms with Gasteiger partial charge >= 0.3 is 6.18 Å². The van der Waals surface area contributed by atoms with Crippen molar-refractivity contribution in [2.75, 3.05) is 11.9 Å². The summed E-state index contributed by atoms with van der Waals surface area (Å²) in [5, 5.41) is 20.1. The maximum Gasteiger partial charge on any atom is 0.416 e. The van der Waals surface area contributed by atoms with Gasteiger partial charge in [0.05, 0.1) is 11.3 Å². The number of carbonyl (C=O) groups is 1. The van der Waals surface area contributed by atoms with Crippen molar-refractivity contribution in [2.24, 2.45) is 0 Å². The summed E-state index contributed by atoms with van der Waals surface area (Å²) in [6, 6.07) is 7.78. The van der Waals surface area contributed by atoms with E-state index in [0.29, 0.717) is 11.4 Å². The van der Waals surface area contributed by atoms with Crippen LogP contribution < -0.4 is 5.32 Å². The number of nitrogens with zero attached hydrogens (tertiary/aromatic N) is 5. The maximum atomic E-state index is 12.8. The van der Waals surface area contributed by atoms with Crippen LogP contribution in [0, 0.1) is 11.5 Å². The first-order valence-electron chi connectivity index (χ1n) is 9.37. The van der Waals surface area contributed by atoms with E-state index >= 15 is 0 Å². The molecule has 2 aromatic heterocycles. The highest BCUT2D eigenvalue weighted by atomic mass is 19.4. The number of anilines is 2. The van der Waals surface area contributed by atoms with E-state index in [2.05, 4.69) is 27.1 Å². The molecule has 1 N–H and O–H groups in total. The van der Waals surface area contributed by atoms with Crippen molar-refractivity contribution in [1.29, 1.82) is 5.26 Å². The molecule has 3 heterocycles. The van der Waals surface area contributed by atoms with Crippen LogP contribution in [0.4, 0.5) is 24.5 Å². The first-order valence-corrected chi connectivity index (χ1v) is 9.37. The summed E-state index contributed by atoms with van der Waals surface area (Å²) in [6.45, 7) is 3.90. The minimum atomic E-state index is -4.43. The molecule has 32 heavy (non-hydrogen) atoms. The quantitative estimate of drug-likeness (QED) is 0.471. The van der Waals surface area contributed by atoms with Crippen LogP contribution in [-0.2, 0) is 16.4 Å². The first-order chi connectivity index (χ1) is 15.3. The van der Waals surface area contributed by atoms with E-state index in [0.717, 1.165) is 17.0 Å².